The van der Waals surface area contributed by atoms with Crippen molar-refractivity contribution in [3.63, 3.8) is 0 Å². The Balaban J connectivity index is 1.71. The van der Waals surface area contributed by atoms with E-state index in [1.807, 2.05) is 50.4 Å². The van der Waals surface area contributed by atoms with Gasteiger partial charge in [0.2, 0.25) is 5.79 Å². The average molecular weight is 256 g/mol. The number of nitrogens with one attached hydrogen (secondary N) is 1. The molecular weight excluding hydrogens is 240 g/mol. The number of ether oxygens (including phenoxy) is 2. The Morgan fingerprint density at radius 2 is 2.00 bits per heavy atom. The van der Waals surface area contributed by atoms with Gasteiger partial charge < -0.3 is 14.8 Å². The molecular formula is C15H16N2O2. The zero-order valence-electron chi connectivity index (χ0n) is 11.0. The molecule has 0 radical (unpaired) electrons. The van der Waals surface area contributed by atoms with Crippen molar-refractivity contribution in [3.8, 4) is 11.5 Å². The SMILES string of the molecule is CC1(C)Oc2ccc(NCc3cccnc3)cc2O1. The van der Waals surface area contributed by atoms with Crippen molar-refractivity contribution in [2.24, 2.45) is 0 Å². The Bertz CT molecular complexity index is 582. The highest BCUT2D eigenvalue weighted by atomic mass is 16.7. The van der Waals surface area contributed by atoms with Crippen LogP contribution in [0.5, 0.6) is 11.5 Å². The maximum atomic E-state index is 5.71. The first-order valence-corrected chi connectivity index (χ1v) is 6.27. The molecule has 0 fully saturated rings. The third-order valence-corrected chi connectivity index (χ3v) is 2.87. The van der Waals surface area contributed by atoms with E-state index in [1.165, 1.54) is 0 Å². The third-order valence-electron chi connectivity index (χ3n) is 2.87. The van der Waals surface area contributed by atoms with E-state index < -0.39 is 5.79 Å². The number of hydrogen-bond acceptors (Lipinski definition) is 4. The predicted octanol–water partition coefficient (Wildman–Crippen LogP) is 3.20. The maximum Gasteiger partial charge on any atom is 0.246 e. The molecule has 98 valence electrons. The van der Waals surface area contributed by atoms with E-state index in [0.29, 0.717) is 0 Å². The summed E-state index contributed by atoms with van der Waals surface area (Å²) in [6.45, 7) is 4.53. The topological polar surface area (TPSA) is 43.4 Å². The van der Waals surface area contributed by atoms with E-state index in [1.54, 1.807) is 6.20 Å². The minimum Gasteiger partial charge on any atom is -0.449 e. The molecule has 2 aromatic rings. The van der Waals surface area contributed by atoms with Gasteiger partial charge in [0.1, 0.15) is 0 Å². The molecule has 0 saturated carbocycles. The van der Waals surface area contributed by atoms with Gasteiger partial charge in [-0.05, 0) is 23.8 Å². The van der Waals surface area contributed by atoms with Crippen molar-refractivity contribution in [2.75, 3.05) is 5.32 Å². The van der Waals surface area contributed by atoms with Crippen LogP contribution in [0.4, 0.5) is 5.69 Å². The Kier molecular flexibility index (Phi) is 2.78. The van der Waals surface area contributed by atoms with Crippen molar-refractivity contribution in [1.82, 2.24) is 4.98 Å². The van der Waals surface area contributed by atoms with Crippen LogP contribution >= 0.6 is 0 Å². The van der Waals surface area contributed by atoms with Crippen molar-refractivity contribution >= 4 is 5.69 Å². The van der Waals surface area contributed by atoms with E-state index in [0.717, 1.165) is 29.3 Å². The summed E-state index contributed by atoms with van der Waals surface area (Å²) in [5.41, 5.74) is 2.14. The molecule has 0 atom stereocenters. The number of nitrogens with zero attached hydrogens (tertiary/aromatic N) is 1. The second kappa shape index (κ2) is 4.46. The highest BCUT2D eigenvalue weighted by Gasteiger charge is 2.31. The lowest BCUT2D eigenvalue weighted by Crippen LogP contribution is -2.29. The van der Waals surface area contributed by atoms with E-state index in [-0.39, 0.29) is 0 Å². The molecule has 0 aliphatic carbocycles. The Morgan fingerprint density at radius 3 is 2.79 bits per heavy atom. The Hall–Kier alpha value is -2.23. The normalized spacial score (nSPS) is 15.3. The number of benzene rings is 1. The average Bonchev–Trinajstić information content (AvgIpc) is 2.70. The van der Waals surface area contributed by atoms with Gasteiger partial charge in [-0.25, -0.2) is 0 Å². The monoisotopic (exact) mass is 256 g/mol. The van der Waals surface area contributed by atoms with Crippen LogP contribution in [0, 0.1) is 0 Å². The smallest absolute Gasteiger partial charge is 0.246 e. The zero-order valence-corrected chi connectivity index (χ0v) is 11.0. The number of hydrogen-bond donors (Lipinski definition) is 1. The van der Waals surface area contributed by atoms with Gasteiger partial charge in [0, 0.05) is 44.5 Å². The largest absolute Gasteiger partial charge is 0.449 e. The molecule has 3 rings (SSSR count). The van der Waals surface area contributed by atoms with Crippen molar-refractivity contribution in [3.05, 3.63) is 48.3 Å². The standard InChI is InChI=1S/C15H16N2O2/c1-15(2)18-13-6-5-12(8-14(13)19-15)17-10-11-4-3-7-16-9-11/h3-9,17H,10H2,1-2H3. The van der Waals surface area contributed by atoms with Crippen molar-refractivity contribution in [1.29, 1.82) is 0 Å². The van der Waals surface area contributed by atoms with Crippen molar-refractivity contribution in [2.45, 2.75) is 26.2 Å². The molecule has 1 N–H and O–H groups in total. The first-order chi connectivity index (χ1) is 9.12. The van der Waals surface area contributed by atoms with Crippen LogP contribution in [-0.4, -0.2) is 10.8 Å². The summed E-state index contributed by atoms with van der Waals surface area (Å²) in [7, 11) is 0. The molecule has 0 amide bonds. The van der Waals surface area contributed by atoms with Crippen LogP contribution in [0.3, 0.4) is 0 Å². The fourth-order valence-electron chi connectivity index (χ4n) is 2.04. The lowest BCUT2D eigenvalue weighted by Gasteiger charge is -2.16. The van der Waals surface area contributed by atoms with Crippen molar-refractivity contribution < 1.29 is 9.47 Å². The minimum absolute atomic E-state index is 0.579. The highest BCUT2D eigenvalue weighted by molar-refractivity contribution is 5.56. The molecule has 4 nitrogen and oxygen atoms in total. The molecule has 4 heteroatoms. The zero-order chi connectivity index (χ0) is 13.3. The number of fused-ring (bicyclic) bond motifs is 1. The van der Waals surface area contributed by atoms with Gasteiger partial charge in [-0.2, -0.15) is 0 Å². The number of pyridine rings is 1. The van der Waals surface area contributed by atoms with E-state index >= 15 is 0 Å². The lowest BCUT2D eigenvalue weighted by atomic mass is 10.2. The van der Waals surface area contributed by atoms with Gasteiger partial charge in [-0.1, -0.05) is 6.07 Å². The first kappa shape index (κ1) is 11.8. The molecule has 2 heterocycles. The second-order valence-electron chi connectivity index (χ2n) is 4.98. The van der Waals surface area contributed by atoms with Gasteiger partial charge in [0.25, 0.3) is 0 Å². The quantitative estimate of drug-likeness (QED) is 0.915. The van der Waals surface area contributed by atoms with Crippen LogP contribution in [-0.2, 0) is 6.54 Å². The van der Waals surface area contributed by atoms with E-state index in [9.17, 15) is 0 Å². The van der Waals surface area contributed by atoms with Gasteiger partial charge in [0.05, 0.1) is 0 Å². The molecule has 1 aliphatic heterocycles. The van der Waals surface area contributed by atoms with Crippen LogP contribution < -0.4 is 14.8 Å². The second-order valence-corrected chi connectivity index (χ2v) is 4.98. The summed E-state index contributed by atoms with van der Waals surface area (Å²) in [6, 6.07) is 9.84. The molecule has 1 aliphatic rings. The van der Waals surface area contributed by atoms with Crippen LogP contribution in [0.15, 0.2) is 42.7 Å². The summed E-state index contributed by atoms with van der Waals surface area (Å²) < 4.78 is 11.4. The van der Waals surface area contributed by atoms with Gasteiger partial charge in [-0.3, -0.25) is 4.98 Å². The molecule has 19 heavy (non-hydrogen) atoms. The summed E-state index contributed by atoms with van der Waals surface area (Å²) in [5, 5.41) is 3.34. The molecule has 0 spiro atoms. The van der Waals surface area contributed by atoms with E-state index in [2.05, 4.69) is 10.3 Å². The van der Waals surface area contributed by atoms with Gasteiger partial charge in [-0.15, -0.1) is 0 Å². The number of anilines is 1. The van der Waals surface area contributed by atoms with Gasteiger partial charge >= 0.3 is 0 Å². The maximum absolute atomic E-state index is 5.71. The third kappa shape index (κ3) is 2.62. The lowest BCUT2D eigenvalue weighted by molar-refractivity contribution is -0.0431. The first-order valence-electron chi connectivity index (χ1n) is 6.27. The molecule has 0 bridgehead atoms. The Labute approximate surface area is 112 Å². The summed E-state index contributed by atoms with van der Waals surface area (Å²) in [4.78, 5) is 4.09. The van der Waals surface area contributed by atoms with Crippen LogP contribution in [0.2, 0.25) is 0 Å². The fraction of sp³-hybridized carbons (Fsp3) is 0.267. The predicted molar refractivity (Wildman–Crippen MR) is 73.3 cm³/mol. The number of rotatable bonds is 3. The van der Waals surface area contributed by atoms with Gasteiger partial charge in [0.15, 0.2) is 11.5 Å². The molecule has 0 saturated heterocycles. The minimum atomic E-state index is -0.579. The molecule has 0 unspecified atom stereocenters. The van der Waals surface area contributed by atoms with Crippen LogP contribution in [0.25, 0.3) is 0 Å². The summed E-state index contributed by atoms with van der Waals surface area (Å²) in [5.74, 6) is 0.989. The number of aromatic nitrogens is 1. The summed E-state index contributed by atoms with van der Waals surface area (Å²) in [6.07, 6.45) is 3.62. The molecule has 1 aromatic carbocycles. The summed E-state index contributed by atoms with van der Waals surface area (Å²) >= 11 is 0. The van der Waals surface area contributed by atoms with E-state index in [4.69, 9.17) is 9.47 Å². The molecule has 1 aromatic heterocycles. The fourth-order valence-corrected chi connectivity index (χ4v) is 2.04. The Morgan fingerprint density at radius 1 is 1.16 bits per heavy atom. The highest BCUT2D eigenvalue weighted by Crippen LogP contribution is 2.40. The van der Waals surface area contributed by atoms with Crippen LogP contribution in [0.1, 0.15) is 19.4 Å².